The van der Waals surface area contributed by atoms with E-state index in [4.69, 9.17) is 4.74 Å². The molecule has 4 rings (SSSR count). The van der Waals surface area contributed by atoms with Gasteiger partial charge in [-0.25, -0.2) is 8.78 Å². The van der Waals surface area contributed by atoms with Gasteiger partial charge in [-0.3, -0.25) is 9.78 Å². The Labute approximate surface area is 172 Å². The molecular weight excluding hydrogens is 388 g/mol. The zero-order valence-electron chi connectivity index (χ0n) is 16.1. The molecule has 0 bridgehead atoms. The SMILES string of the molecule is N#Cc1cccc2c(OC3CCC(NC(=O)c4cc(F)cc(F)c4)CC3)ccnc12. The number of carbonyl (C=O) groups is 1. The summed E-state index contributed by atoms with van der Waals surface area (Å²) >= 11 is 0. The summed E-state index contributed by atoms with van der Waals surface area (Å²) in [6.45, 7) is 0. The van der Waals surface area contributed by atoms with Gasteiger partial charge in [0.25, 0.3) is 5.91 Å². The Balaban J connectivity index is 1.38. The van der Waals surface area contributed by atoms with Crippen molar-refractivity contribution in [3.05, 3.63) is 71.4 Å². The molecule has 1 saturated carbocycles. The predicted molar refractivity (Wildman–Crippen MR) is 107 cm³/mol. The van der Waals surface area contributed by atoms with E-state index in [9.17, 15) is 18.8 Å². The predicted octanol–water partition coefficient (Wildman–Crippen LogP) is 4.50. The Morgan fingerprint density at radius 1 is 1.10 bits per heavy atom. The molecule has 5 nitrogen and oxygen atoms in total. The average Bonchev–Trinajstić information content (AvgIpc) is 2.74. The van der Waals surface area contributed by atoms with Crippen molar-refractivity contribution in [2.24, 2.45) is 0 Å². The zero-order valence-corrected chi connectivity index (χ0v) is 16.1. The standard InChI is InChI=1S/C23H19F2N3O2/c24-16-10-15(11-17(25)12-16)23(29)28-18-4-6-19(7-5-18)30-21-8-9-27-22-14(13-26)2-1-3-20(21)22/h1-3,8-12,18-19H,4-7H2,(H,28,29). The first-order chi connectivity index (χ1) is 14.5. The lowest BCUT2D eigenvalue weighted by Gasteiger charge is -2.29. The molecule has 0 radical (unpaired) electrons. The number of nitrogens with zero attached hydrogens (tertiary/aromatic N) is 2. The third kappa shape index (κ3) is 4.23. The lowest BCUT2D eigenvalue weighted by atomic mass is 9.92. The van der Waals surface area contributed by atoms with E-state index in [2.05, 4.69) is 16.4 Å². The third-order valence-electron chi connectivity index (χ3n) is 5.28. The summed E-state index contributed by atoms with van der Waals surface area (Å²) in [6, 6.07) is 12.0. The number of rotatable bonds is 4. The smallest absolute Gasteiger partial charge is 0.251 e. The second-order valence-electron chi connectivity index (χ2n) is 7.35. The van der Waals surface area contributed by atoms with E-state index in [0.717, 1.165) is 36.4 Å². The van der Waals surface area contributed by atoms with Crippen LogP contribution in [0, 0.1) is 23.0 Å². The highest BCUT2D eigenvalue weighted by atomic mass is 19.1. The normalized spacial score (nSPS) is 18.6. The van der Waals surface area contributed by atoms with Gasteiger partial charge in [-0.1, -0.05) is 6.07 Å². The van der Waals surface area contributed by atoms with Gasteiger partial charge in [0.05, 0.1) is 17.2 Å². The van der Waals surface area contributed by atoms with Gasteiger partial charge in [0.2, 0.25) is 0 Å². The van der Waals surface area contributed by atoms with Gasteiger partial charge in [0, 0.05) is 29.3 Å². The highest BCUT2D eigenvalue weighted by molar-refractivity contribution is 5.94. The van der Waals surface area contributed by atoms with Crippen LogP contribution in [0.15, 0.2) is 48.7 Å². The maximum absolute atomic E-state index is 13.3. The molecule has 0 saturated heterocycles. The Kier molecular flexibility index (Phi) is 5.57. The summed E-state index contributed by atoms with van der Waals surface area (Å²) in [6.07, 6.45) is 4.44. The average molecular weight is 407 g/mol. The van der Waals surface area contributed by atoms with Crippen LogP contribution in [0.1, 0.15) is 41.6 Å². The highest BCUT2D eigenvalue weighted by Gasteiger charge is 2.25. The second kappa shape index (κ2) is 8.46. The Morgan fingerprint density at radius 2 is 1.83 bits per heavy atom. The molecule has 1 amide bonds. The third-order valence-corrected chi connectivity index (χ3v) is 5.28. The van der Waals surface area contributed by atoms with Crippen molar-refractivity contribution >= 4 is 16.8 Å². The van der Waals surface area contributed by atoms with Crippen molar-refractivity contribution < 1.29 is 18.3 Å². The largest absolute Gasteiger partial charge is 0.490 e. The summed E-state index contributed by atoms with van der Waals surface area (Å²) in [4.78, 5) is 16.6. The number of nitriles is 1. The quantitative estimate of drug-likeness (QED) is 0.691. The van der Waals surface area contributed by atoms with Crippen LogP contribution in [0.5, 0.6) is 5.75 Å². The van der Waals surface area contributed by atoms with E-state index >= 15 is 0 Å². The molecule has 2 aromatic carbocycles. The Morgan fingerprint density at radius 3 is 2.53 bits per heavy atom. The van der Waals surface area contributed by atoms with E-state index in [0.29, 0.717) is 29.7 Å². The van der Waals surface area contributed by atoms with Gasteiger partial charge in [0.1, 0.15) is 23.5 Å². The van der Waals surface area contributed by atoms with Gasteiger partial charge in [-0.05, 0) is 56.0 Å². The lowest BCUT2D eigenvalue weighted by molar-refractivity contribution is 0.0894. The minimum Gasteiger partial charge on any atom is -0.490 e. The molecule has 3 aromatic rings. The summed E-state index contributed by atoms with van der Waals surface area (Å²) in [5, 5.41) is 12.9. The first-order valence-corrected chi connectivity index (χ1v) is 9.75. The van der Waals surface area contributed by atoms with Crippen LogP contribution >= 0.6 is 0 Å². The van der Waals surface area contributed by atoms with E-state index in [1.54, 1.807) is 24.4 Å². The lowest BCUT2D eigenvalue weighted by Crippen LogP contribution is -2.39. The minimum absolute atomic E-state index is 0.0255. The van der Waals surface area contributed by atoms with Crippen LogP contribution in [-0.2, 0) is 0 Å². The van der Waals surface area contributed by atoms with Gasteiger partial charge < -0.3 is 10.1 Å². The molecule has 1 heterocycles. The van der Waals surface area contributed by atoms with Crippen LogP contribution in [0.4, 0.5) is 8.78 Å². The maximum atomic E-state index is 13.3. The molecule has 30 heavy (non-hydrogen) atoms. The first kappa shape index (κ1) is 19.8. The van der Waals surface area contributed by atoms with Crippen molar-refractivity contribution in [2.75, 3.05) is 0 Å². The molecule has 7 heteroatoms. The van der Waals surface area contributed by atoms with Gasteiger partial charge >= 0.3 is 0 Å². The van der Waals surface area contributed by atoms with Crippen LogP contribution in [0.2, 0.25) is 0 Å². The second-order valence-corrected chi connectivity index (χ2v) is 7.35. The van der Waals surface area contributed by atoms with Crippen LogP contribution in [-0.4, -0.2) is 23.0 Å². The Bertz CT molecular complexity index is 1110. The van der Waals surface area contributed by atoms with Crippen LogP contribution < -0.4 is 10.1 Å². The van der Waals surface area contributed by atoms with Crippen molar-refractivity contribution in [1.29, 1.82) is 5.26 Å². The first-order valence-electron chi connectivity index (χ1n) is 9.75. The van der Waals surface area contributed by atoms with Gasteiger partial charge in [-0.15, -0.1) is 0 Å². The van der Waals surface area contributed by atoms with Gasteiger partial charge in [-0.2, -0.15) is 5.26 Å². The summed E-state index contributed by atoms with van der Waals surface area (Å²) in [5.41, 5.74) is 1.08. The fourth-order valence-electron chi connectivity index (χ4n) is 3.80. The molecule has 1 fully saturated rings. The number of benzene rings is 2. The van der Waals surface area contributed by atoms with E-state index in [1.807, 2.05) is 6.07 Å². The summed E-state index contributed by atoms with van der Waals surface area (Å²) < 4.78 is 32.8. The number of aromatic nitrogens is 1. The van der Waals surface area contributed by atoms with Crippen molar-refractivity contribution in [3.8, 4) is 11.8 Å². The number of fused-ring (bicyclic) bond motifs is 1. The zero-order chi connectivity index (χ0) is 21.1. The number of amides is 1. The molecule has 0 spiro atoms. The summed E-state index contributed by atoms with van der Waals surface area (Å²) in [7, 11) is 0. The molecule has 1 aliphatic carbocycles. The fraction of sp³-hybridized carbons (Fsp3) is 0.261. The Hall–Kier alpha value is -3.53. The number of ether oxygens (including phenoxy) is 1. The molecule has 1 aromatic heterocycles. The summed E-state index contributed by atoms with van der Waals surface area (Å²) in [5.74, 6) is -1.36. The number of pyridine rings is 1. The number of carbonyl (C=O) groups excluding carboxylic acids is 1. The van der Waals surface area contributed by atoms with E-state index in [-0.39, 0.29) is 17.7 Å². The number of para-hydroxylation sites is 1. The molecule has 152 valence electrons. The van der Waals surface area contributed by atoms with E-state index < -0.39 is 17.5 Å². The van der Waals surface area contributed by atoms with Crippen LogP contribution in [0.3, 0.4) is 0 Å². The molecule has 0 atom stereocenters. The fourth-order valence-corrected chi connectivity index (χ4v) is 3.80. The topological polar surface area (TPSA) is 75.0 Å². The highest BCUT2D eigenvalue weighted by Crippen LogP contribution is 2.30. The molecule has 1 aliphatic rings. The number of nitrogens with one attached hydrogen (secondary N) is 1. The van der Waals surface area contributed by atoms with Gasteiger partial charge in [0.15, 0.2) is 0 Å². The molecule has 0 aliphatic heterocycles. The minimum atomic E-state index is -0.776. The van der Waals surface area contributed by atoms with E-state index in [1.165, 1.54) is 0 Å². The monoisotopic (exact) mass is 407 g/mol. The maximum Gasteiger partial charge on any atom is 0.251 e. The molecule has 1 N–H and O–H groups in total. The number of hydrogen-bond donors (Lipinski definition) is 1. The van der Waals surface area contributed by atoms with Crippen molar-refractivity contribution in [2.45, 2.75) is 37.8 Å². The van der Waals surface area contributed by atoms with Crippen molar-refractivity contribution in [1.82, 2.24) is 10.3 Å². The molecular formula is C23H19F2N3O2. The number of hydrogen-bond acceptors (Lipinski definition) is 4. The number of halogens is 2. The van der Waals surface area contributed by atoms with Crippen LogP contribution in [0.25, 0.3) is 10.9 Å². The van der Waals surface area contributed by atoms with Crippen molar-refractivity contribution in [3.63, 3.8) is 0 Å². The molecule has 0 unspecified atom stereocenters.